The van der Waals surface area contributed by atoms with Crippen LogP contribution in [0.5, 0.6) is 0 Å². The largest absolute Gasteiger partial charge is 0.376 e. The molecule has 7 heteroatoms. The predicted molar refractivity (Wildman–Crippen MR) is 88.0 cm³/mol. The zero-order valence-electron chi connectivity index (χ0n) is 12.6. The number of fused-ring (bicyclic) bond motifs is 1. The SMILES string of the molecule is C[C@H]1OCC2(CCN(c3ncc(Br)c4nccn34)CC2)[C@@H]1N. The average Bonchev–Trinajstić information content (AvgIpc) is 3.12. The second-order valence-corrected chi connectivity index (χ2v) is 7.27. The third-order valence-corrected chi connectivity index (χ3v) is 5.81. The summed E-state index contributed by atoms with van der Waals surface area (Å²) in [6, 6.07) is 0.140. The van der Waals surface area contributed by atoms with E-state index in [4.69, 9.17) is 10.5 Å². The van der Waals surface area contributed by atoms with Gasteiger partial charge >= 0.3 is 0 Å². The standard InChI is InChI=1S/C15H20BrN5O/c1-10-12(17)15(9-22-10)2-5-20(6-3-15)14-19-8-11(16)13-18-4-7-21(13)14/h4,7-8,10,12H,2-3,5-6,9,17H2,1H3/t10-,12-/m1/s1. The maximum atomic E-state index is 6.39. The van der Waals surface area contributed by atoms with Crippen molar-refractivity contribution in [2.45, 2.75) is 31.9 Å². The molecule has 2 aromatic rings. The predicted octanol–water partition coefficient (Wildman–Crippen LogP) is 1.82. The van der Waals surface area contributed by atoms with E-state index in [-0.39, 0.29) is 17.6 Å². The lowest BCUT2D eigenvalue weighted by atomic mass is 9.73. The average molecular weight is 366 g/mol. The first-order valence-corrected chi connectivity index (χ1v) is 8.50. The van der Waals surface area contributed by atoms with Crippen molar-refractivity contribution in [3.8, 4) is 0 Å². The van der Waals surface area contributed by atoms with Gasteiger partial charge in [-0.25, -0.2) is 9.97 Å². The van der Waals surface area contributed by atoms with E-state index in [1.165, 1.54) is 0 Å². The number of hydrogen-bond donors (Lipinski definition) is 1. The molecule has 118 valence electrons. The van der Waals surface area contributed by atoms with Crippen LogP contribution in [-0.2, 0) is 4.74 Å². The first-order chi connectivity index (χ1) is 10.6. The van der Waals surface area contributed by atoms with Crippen molar-refractivity contribution in [3.05, 3.63) is 23.1 Å². The fourth-order valence-corrected chi connectivity index (χ4v) is 4.13. The van der Waals surface area contributed by atoms with Crippen molar-refractivity contribution >= 4 is 27.5 Å². The maximum absolute atomic E-state index is 6.39. The molecule has 22 heavy (non-hydrogen) atoms. The number of rotatable bonds is 1. The third-order valence-electron chi connectivity index (χ3n) is 5.25. The Bertz CT molecular complexity index is 694. The Morgan fingerprint density at radius 1 is 1.36 bits per heavy atom. The number of nitrogens with zero attached hydrogens (tertiary/aromatic N) is 4. The molecule has 0 radical (unpaired) electrons. The molecule has 2 aliphatic heterocycles. The van der Waals surface area contributed by atoms with Crippen LogP contribution in [0.1, 0.15) is 19.8 Å². The van der Waals surface area contributed by atoms with E-state index in [1.807, 2.05) is 16.8 Å². The highest BCUT2D eigenvalue weighted by Gasteiger charge is 2.47. The van der Waals surface area contributed by atoms with E-state index in [1.54, 1.807) is 6.20 Å². The van der Waals surface area contributed by atoms with E-state index in [9.17, 15) is 0 Å². The van der Waals surface area contributed by atoms with E-state index in [2.05, 4.69) is 37.7 Å². The topological polar surface area (TPSA) is 68.7 Å². The van der Waals surface area contributed by atoms with Gasteiger partial charge in [-0.15, -0.1) is 0 Å². The molecule has 2 saturated heterocycles. The molecule has 2 aromatic heterocycles. The Morgan fingerprint density at radius 2 is 2.14 bits per heavy atom. The van der Waals surface area contributed by atoms with Gasteiger partial charge in [0.25, 0.3) is 0 Å². The van der Waals surface area contributed by atoms with Crippen LogP contribution in [0.15, 0.2) is 23.1 Å². The van der Waals surface area contributed by atoms with Gasteiger partial charge in [-0.05, 0) is 35.7 Å². The van der Waals surface area contributed by atoms with Gasteiger partial charge in [0.05, 0.1) is 17.2 Å². The summed E-state index contributed by atoms with van der Waals surface area (Å²) in [4.78, 5) is 11.3. The fraction of sp³-hybridized carbons (Fsp3) is 0.600. The van der Waals surface area contributed by atoms with Crippen LogP contribution in [0.4, 0.5) is 5.95 Å². The van der Waals surface area contributed by atoms with Crippen LogP contribution in [0.25, 0.3) is 5.65 Å². The van der Waals surface area contributed by atoms with Gasteiger partial charge in [-0.1, -0.05) is 0 Å². The lowest BCUT2D eigenvalue weighted by Gasteiger charge is -2.41. The van der Waals surface area contributed by atoms with E-state index < -0.39 is 0 Å². The minimum Gasteiger partial charge on any atom is -0.376 e. The number of hydrogen-bond acceptors (Lipinski definition) is 5. The molecule has 4 heterocycles. The summed E-state index contributed by atoms with van der Waals surface area (Å²) >= 11 is 3.50. The number of anilines is 1. The van der Waals surface area contributed by atoms with Crippen LogP contribution < -0.4 is 10.6 Å². The van der Waals surface area contributed by atoms with Gasteiger partial charge in [0.1, 0.15) is 0 Å². The van der Waals surface area contributed by atoms with Crippen LogP contribution >= 0.6 is 15.9 Å². The van der Waals surface area contributed by atoms with E-state index in [0.29, 0.717) is 0 Å². The van der Waals surface area contributed by atoms with Crippen molar-refractivity contribution in [2.24, 2.45) is 11.1 Å². The number of nitrogens with two attached hydrogens (primary N) is 1. The Kier molecular flexibility index (Phi) is 3.39. The van der Waals surface area contributed by atoms with Crippen molar-refractivity contribution in [3.63, 3.8) is 0 Å². The highest BCUT2D eigenvalue weighted by atomic mass is 79.9. The maximum Gasteiger partial charge on any atom is 0.211 e. The van der Waals surface area contributed by atoms with Crippen molar-refractivity contribution < 1.29 is 4.74 Å². The van der Waals surface area contributed by atoms with Crippen molar-refractivity contribution in [1.82, 2.24) is 14.4 Å². The molecule has 0 saturated carbocycles. The van der Waals surface area contributed by atoms with Crippen molar-refractivity contribution in [1.29, 1.82) is 0 Å². The quantitative estimate of drug-likeness (QED) is 0.834. The molecule has 6 nitrogen and oxygen atoms in total. The number of halogens is 1. The lowest BCUT2D eigenvalue weighted by Crippen LogP contribution is -2.51. The summed E-state index contributed by atoms with van der Waals surface area (Å²) in [7, 11) is 0. The Hall–Kier alpha value is -1.18. The Morgan fingerprint density at radius 3 is 2.82 bits per heavy atom. The first kappa shape index (κ1) is 14.4. The van der Waals surface area contributed by atoms with Crippen molar-refractivity contribution in [2.75, 3.05) is 24.6 Å². The van der Waals surface area contributed by atoms with Crippen LogP contribution in [0.2, 0.25) is 0 Å². The molecule has 4 rings (SSSR count). The smallest absolute Gasteiger partial charge is 0.211 e. The summed E-state index contributed by atoms with van der Waals surface area (Å²) in [5.41, 5.74) is 7.43. The first-order valence-electron chi connectivity index (χ1n) is 7.70. The molecule has 0 aromatic carbocycles. The molecule has 2 fully saturated rings. The normalized spacial score (nSPS) is 27.9. The molecule has 0 aliphatic carbocycles. The molecule has 2 aliphatic rings. The molecule has 0 bridgehead atoms. The number of imidazole rings is 1. The van der Waals surface area contributed by atoms with Gasteiger partial charge in [0, 0.05) is 43.1 Å². The Labute approximate surface area is 137 Å². The highest BCUT2D eigenvalue weighted by Crippen LogP contribution is 2.41. The van der Waals surface area contributed by atoms with Gasteiger partial charge in [-0.2, -0.15) is 0 Å². The molecule has 2 atom stereocenters. The summed E-state index contributed by atoms with van der Waals surface area (Å²) in [5, 5.41) is 0. The van der Waals surface area contributed by atoms with Crippen LogP contribution in [0.3, 0.4) is 0 Å². The number of piperidine rings is 1. The molecule has 2 N–H and O–H groups in total. The summed E-state index contributed by atoms with van der Waals surface area (Å²) in [5.74, 6) is 0.950. The fourth-order valence-electron chi connectivity index (χ4n) is 3.73. The summed E-state index contributed by atoms with van der Waals surface area (Å²) < 4.78 is 8.74. The zero-order valence-corrected chi connectivity index (χ0v) is 14.2. The number of aromatic nitrogens is 3. The zero-order chi connectivity index (χ0) is 15.3. The van der Waals surface area contributed by atoms with Crippen LogP contribution in [-0.4, -0.2) is 46.2 Å². The second-order valence-electron chi connectivity index (χ2n) is 6.42. The Balaban J connectivity index is 1.59. The summed E-state index contributed by atoms with van der Waals surface area (Å²) in [6.07, 6.45) is 7.85. The molecule has 0 unspecified atom stereocenters. The molecular weight excluding hydrogens is 346 g/mol. The number of ether oxygens (including phenoxy) is 1. The highest BCUT2D eigenvalue weighted by molar-refractivity contribution is 9.10. The van der Waals surface area contributed by atoms with E-state index >= 15 is 0 Å². The van der Waals surface area contributed by atoms with Gasteiger partial charge in [0.2, 0.25) is 5.95 Å². The molecular formula is C15H20BrN5O. The van der Waals surface area contributed by atoms with Gasteiger partial charge < -0.3 is 15.4 Å². The van der Waals surface area contributed by atoms with Crippen LogP contribution in [0, 0.1) is 5.41 Å². The second kappa shape index (κ2) is 5.18. The monoisotopic (exact) mass is 365 g/mol. The molecule has 0 amide bonds. The molecule has 1 spiro atoms. The summed E-state index contributed by atoms with van der Waals surface area (Å²) in [6.45, 7) is 4.77. The minimum absolute atomic E-state index is 0.138. The third kappa shape index (κ3) is 2.06. The minimum atomic E-state index is 0.138. The van der Waals surface area contributed by atoms with Gasteiger partial charge in [0.15, 0.2) is 5.65 Å². The van der Waals surface area contributed by atoms with Gasteiger partial charge in [-0.3, -0.25) is 4.40 Å². The van der Waals surface area contributed by atoms with E-state index in [0.717, 1.165) is 48.6 Å². The lowest BCUT2D eigenvalue weighted by molar-refractivity contribution is 0.0973.